The number of ether oxygens (including phenoxy) is 1. The lowest BCUT2D eigenvalue weighted by molar-refractivity contribution is 0.0982. The zero-order valence-corrected chi connectivity index (χ0v) is 20.3. The van der Waals surface area contributed by atoms with Gasteiger partial charge < -0.3 is 20.9 Å². The first-order valence-electron chi connectivity index (χ1n) is 11.6. The molecule has 6 heteroatoms. The van der Waals surface area contributed by atoms with Gasteiger partial charge in [0, 0.05) is 12.1 Å². The lowest BCUT2D eigenvalue weighted by atomic mass is 9.82. The van der Waals surface area contributed by atoms with Crippen LogP contribution in [-0.2, 0) is 19.4 Å². The molecule has 0 fully saturated rings. The summed E-state index contributed by atoms with van der Waals surface area (Å²) in [4.78, 5) is 12.3. The molecule has 180 valence electrons. The molecule has 4 N–H and O–H groups in total. The Hall–Kier alpha value is -2.86. The first-order chi connectivity index (χ1) is 16.0. The van der Waals surface area contributed by atoms with Gasteiger partial charge in [0.05, 0.1) is 11.7 Å². The number of aliphatic hydroxyl groups excluding tert-OH is 1. The van der Waals surface area contributed by atoms with Crippen molar-refractivity contribution in [1.82, 2.24) is 5.32 Å². The van der Waals surface area contributed by atoms with Crippen LogP contribution < -0.4 is 15.8 Å². The Morgan fingerprint density at radius 2 is 1.71 bits per heavy atom. The van der Waals surface area contributed by atoms with Crippen molar-refractivity contribution < 1.29 is 14.6 Å². The highest BCUT2D eigenvalue weighted by Crippen LogP contribution is 2.36. The number of amides is 1. The quantitative estimate of drug-likeness (QED) is 0.412. The van der Waals surface area contributed by atoms with Gasteiger partial charge in [-0.1, -0.05) is 66.7 Å². The Labute approximate surface area is 207 Å². The van der Waals surface area contributed by atoms with Gasteiger partial charge in [0.25, 0.3) is 5.91 Å². The lowest BCUT2D eigenvalue weighted by Gasteiger charge is -2.34. The fraction of sp³-hybridized carbons (Fsp3) is 0.321. The number of nitrogens with one attached hydrogen (secondary N) is 1. The number of nitrogens with two attached hydrogens (primary N) is 1. The van der Waals surface area contributed by atoms with Crippen molar-refractivity contribution in [1.29, 1.82) is 0 Å². The number of carbonyl (C=O) groups excluding carboxylic acids is 1. The minimum Gasteiger partial charge on any atom is -0.488 e. The summed E-state index contributed by atoms with van der Waals surface area (Å²) in [5.74, 6) is -0.0512. The molecule has 0 heterocycles. The van der Waals surface area contributed by atoms with Crippen molar-refractivity contribution in [2.75, 3.05) is 0 Å². The topological polar surface area (TPSA) is 84.6 Å². The summed E-state index contributed by atoms with van der Waals surface area (Å²) in [5.41, 5.74) is 10.0. The smallest absolute Gasteiger partial charge is 0.252 e. The summed E-state index contributed by atoms with van der Waals surface area (Å²) < 4.78 is 5.95. The van der Waals surface area contributed by atoms with E-state index in [1.807, 2.05) is 42.5 Å². The summed E-state index contributed by atoms with van der Waals surface area (Å²) in [6, 6.07) is 24.0. The van der Waals surface area contributed by atoms with Gasteiger partial charge in [-0.05, 0) is 60.9 Å². The van der Waals surface area contributed by atoms with E-state index in [1.54, 1.807) is 6.07 Å². The molecule has 3 aromatic carbocycles. The van der Waals surface area contributed by atoms with Gasteiger partial charge in [-0.3, -0.25) is 4.79 Å². The molecule has 0 saturated carbocycles. The third-order valence-electron chi connectivity index (χ3n) is 6.41. The van der Waals surface area contributed by atoms with Crippen LogP contribution in [0.4, 0.5) is 0 Å². The van der Waals surface area contributed by atoms with Crippen molar-refractivity contribution >= 4 is 18.3 Å². The molecule has 1 unspecified atom stereocenters. The largest absolute Gasteiger partial charge is 0.488 e. The third-order valence-corrected chi connectivity index (χ3v) is 6.41. The summed E-state index contributed by atoms with van der Waals surface area (Å²) in [7, 11) is 0. The number of aryl methyl sites for hydroxylation is 1. The van der Waals surface area contributed by atoms with Crippen LogP contribution in [0, 0.1) is 0 Å². The third kappa shape index (κ3) is 6.17. The molecule has 3 atom stereocenters. The van der Waals surface area contributed by atoms with Gasteiger partial charge in [0.2, 0.25) is 0 Å². The predicted octanol–water partition coefficient (Wildman–Crippen LogP) is 4.75. The molecule has 1 aliphatic carbocycles. The number of hydrogen-bond donors (Lipinski definition) is 3. The number of halogens is 1. The maximum absolute atomic E-state index is 12.3. The van der Waals surface area contributed by atoms with Crippen LogP contribution in [-0.4, -0.2) is 23.1 Å². The lowest BCUT2D eigenvalue weighted by Crippen LogP contribution is -2.43. The van der Waals surface area contributed by atoms with Crippen LogP contribution in [0.5, 0.6) is 5.75 Å². The number of primary amides is 1. The number of carbonyl (C=O) groups is 1. The summed E-state index contributed by atoms with van der Waals surface area (Å²) in [6.07, 6.45) is 2.67. The highest BCUT2D eigenvalue weighted by atomic mass is 35.5. The average Bonchev–Trinajstić information content (AvgIpc) is 2.84. The van der Waals surface area contributed by atoms with Crippen LogP contribution in [0.25, 0.3) is 0 Å². The molecule has 0 aromatic heterocycles. The minimum absolute atomic E-state index is 0. The second-order valence-corrected chi connectivity index (χ2v) is 8.83. The van der Waals surface area contributed by atoms with Crippen molar-refractivity contribution in [3.05, 3.63) is 101 Å². The molecule has 0 radical (unpaired) electrons. The van der Waals surface area contributed by atoms with E-state index in [4.69, 9.17) is 10.5 Å². The Morgan fingerprint density at radius 3 is 2.35 bits per heavy atom. The predicted molar refractivity (Wildman–Crippen MR) is 137 cm³/mol. The number of rotatable bonds is 9. The molecule has 4 rings (SSSR count). The summed E-state index contributed by atoms with van der Waals surface area (Å²) >= 11 is 0. The standard InChI is InChI=1S/C28H32N2O3.ClH/c1-19(12-13-20-8-4-2-5-9-20)30-24-16-14-22-23(27(24)31)15-17-25(26(22)28(29)32)33-18-21-10-6-3-7-11-21;/h2-11,15,17,19,24,27,30-31H,12-14,16,18H2,1H3,(H2,29,32);1H/t19?,24-,27-;/m0./s1. The molecule has 1 aliphatic rings. The van der Waals surface area contributed by atoms with Gasteiger partial charge in [-0.2, -0.15) is 0 Å². The fourth-order valence-electron chi connectivity index (χ4n) is 4.64. The normalized spacial score (nSPS) is 17.8. The first kappa shape index (κ1) is 25.8. The van der Waals surface area contributed by atoms with E-state index >= 15 is 0 Å². The van der Waals surface area contributed by atoms with Crippen LogP contribution in [0.3, 0.4) is 0 Å². The van der Waals surface area contributed by atoms with E-state index in [2.05, 4.69) is 36.5 Å². The Kier molecular flexibility index (Phi) is 9.11. The average molecular weight is 481 g/mol. The monoisotopic (exact) mass is 480 g/mol. The van der Waals surface area contributed by atoms with Gasteiger partial charge >= 0.3 is 0 Å². The van der Waals surface area contributed by atoms with Crippen molar-refractivity contribution in [3.8, 4) is 5.75 Å². The van der Waals surface area contributed by atoms with Gasteiger partial charge in [0.15, 0.2) is 0 Å². The molecule has 34 heavy (non-hydrogen) atoms. The molecule has 5 nitrogen and oxygen atoms in total. The molecular formula is C28H33ClN2O3. The maximum Gasteiger partial charge on any atom is 0.252 e. The highest BCUT2D eigenvalue weighted by Gasteiger charge is 2.32. The molecule has 0 saturated heterocycles. The van der Waals surface area contributed by atoms with E-state index in [-0.39, 0.29) is 24.5 Å². The number of aliphatic hydroxyl groups is 1. The zero-order valence-electron chi connectivity index (χ0n) is 19.4. The van der Waals surface area contributed by atoms with E-state index in [0.29, 0.717) is 24.3 Å². The Balaban J connectivity index is 0.00000324. The highest BCUT2D eigenvalue weighted by molar-refractivity contribution is 5.97. The second kappa shape index (κ2) is 12.0. The van der Waals surface area contributed by atoms with Crippen LogP contribution in [0.2, 0.25) is 0 Å². The van der Waals surface area contributed by atoms with Gasteiger partial charge in [-0.15, -0.1) is 12.4 Å². The fourth-order valence-corrected chi connectivity index (χ4v) is 4.64. The van der Waals surface area contributed by atoms with E-state index in [1.165, 1.54) is 5.56 Å². The molecule has 0 bridgehead atoms. The Bertz CT molecular complexity index is 1080. The molecule has 3 aromatic rings. The SMILES string of the molecule is CC(CCc1ccccc1)N[C@H]1CCc2c(ccc(OCc3ccccc3)c2C(N)=O)[C@@H]1O.Cl. The summed E-state index contributed by atoms with van der Waals surface area (Å²) in [6.45, 7) is 2.51. The Morgan fingerprint density at radius 1 is 1.06 bits per heavy atom. The maximum atomic E-state index is 12.3. The van der Waals surface area contributed by atoms with Gasteiger partial charge in [-0.25, -0.2) is 0 Å². The summed E-state index contributed by atoms with van der Waals surface area (Å²) in [5, 5.41) is 14.7. The van der Waals surface area contributed by atoms with E-state index in [9.17, 15) is 9.90 Å². The van der Waals surface area contributed by atoms with Crippen molar-refractivity contribution in [3.63, 3.8) is 0 Å². The second-order valence-electron chi connectivity index (χ2n) is 8.83. The van der Waals surface area contributed by atoms with Crippen LogP contribution in [0.15, 0.2) is 72.8 Å². The van der Waals surface area contributed by atoms with Crippen molar-refractivity contribution in [2.45, 2.75) is 57.4 Å². The molecular weight excluding hydrogens is 448 g/mol. The first-order valence-corrected chi connectivity index (χ1v) is 11.6. The number of fused-ring (bicyclic) bond motifs is 1. The van der Waals surface area contributed by atoms with E-state index < -0.39 is 12.0 Å². The minimum atomic E-state index is -0.700. The van der Waals surface area contributed by atoms with Crippen molar-refractivity contribution in [2.24, 2.45) is 5.73 Å². The molecule has 0 aliphatic heterocycles. The molecule has 0 spiro atoms. The number of hydrogen-bond acceptors (Lipinski definition) is 4. The number of benzene rings is 3. The zero-order chi connectivity index (χ0) is 23.2. The van der Waals surface area contributed by atoms with Gasteiger partial charge in [0.1, 0.15) is 12.4 Å². The molecule has 1 amide bonds. The van der Waals surface area contributed by atoms with E-state index in [0.717, 1.165) is 36.0 Å². The van der Waals surface area contributed by atoms with Crippen LogP contribution in [0.1, 0.15) is 58.5 Å². The van der Waals surface area contributed by atoms with Crippen LogP contribution >= 0.6 is 12.4 Å².